The van der Waals surface area contributed by atoms with Crippen LogP contribution >= 0.6 is 0 Å². The van der Waals surface area contributed by atoms with Gasteiger partial charge in [-0.1, -0.05) is 30.3 Å². The highest BCUT2D eigenvalue weighted by atomic mass is 32.2. The molecule has 0 spiro atoms. The van der Waals surface area contributed by atoms with Crippen LogP contribution in [0.25, 0.3) is 0 Å². The van der Waals surface area contributed by atoms with Gasteiger partial charge in [0, 0.05) is 11.3 Å². The fourth-order valence-electron chi connectivity index (χ4n) is 1.27. The molecule has 1 unspecified atom stereocenters. The number of hydrogen-bond acceptors (Lipinski definition) is 5. The molecule has 1 rings (SSSR count). The summed E-state index contributed by atoms with van der Waals surface area (Å²) >= 11 is -3.27. The van der Waals surface area contributed by atoms with Gasteiger partial charge in [-0.3, -0.25) is 9.00 Å². The van der Waals surface area contributed by atoms with Gasteiger partial charge >= 0.3 is 12.2 Å². The van der Waals surface area contributed by atoms with Crippen molar-refractivity contribution in [3.8, 4) is 0 Å². The largest absolute Gasteiger partial charge is 0.760 e. The third kappa shape index (κ3) is 5.83. The predicted molar refractivity (Wildman–Crippen MR) is 61.2 cm³/mol. The highest BCUT2D eigenvalue weighted by Gasteiger charge is 2.36. The van der Waals surface area contributed by atoms with Gasteiger partial charge in [-0.15, -0.1) is 13.5 Å². The third-order valence-corrected chi connectivity index (χ3v) is 2.44. The van der Waals surface area contributed by atoms with E-state index >= 15 is 0 Å². The van der Waals surface area contributed by atoms with Crippen LogP contribution in [0.2, 0.25) is 0 Å². The first kappa shape index (κ1) is 15.6. The average molecular weight is 293 g/mol. The van der Waals surface area contributed by atoms with E-state index in [4.69, 9.17) is 5.73 Å². The SMILES string of the molecule is N[C@@H](Cc1ccccc1)C(=O)OC(F)(F)NS(=O)[O-]. The van der Waals surface area contributed by atoms with Crippen molar-refractivity contribution in [3.05, 3.63) is 35.9 Å². The van der Waals surface area contributed by atoms with Crippen LogP contribution in [0.4, 0.5) is 8.78 Å². The van der Waals surface area contributed by atoms with E-state index in [0.717, 1.165) is 4.72 Å². The molecule has 0 aliphatic heterocycles. The van der Waals surface area contributed by atoms with Crippen molar-refractivity contribution in [1.29, 1.82) is 0 Å². The first-order chi connectivity index (χ1) is 8.80. The average Bonchev–Trinajstić information content (AvgIpc) is 2.27. The maximum Gasteiger partial charge on any atom is 0.481 e. The molecule has 106 valence electrons. The zero-order valence-corrected chi connectivity index (χ0v) is 10.4. The highest BCUT2D eigenvalue weighted by Crippen LogP contribution is 2.13. The van der Waals surface area contributed by atoms with E-state index in [1.807, 2.05) is 0 Å². The molecule has 19 heavy (non-hydrogen) atoms. The molecule has 6 nitrogen and oxygen atoms in total. The molecule has 0 aliphatic rings. The monoisotopic (exact) mass is 293 g/mol. The molecule has 0 heterocycles. The Morgan fingerprint density at radius 1 is 1.47 bits per heavy atom. The van der Waals surface area contributed by atoms with E-state index in [2.05, 4.69) is 4.74 Å². The van der Waals surface area contributed by atoms with Crippen molar-refractivity contribution >= 4 is 17.2 Å². The second-order valence-electron chi connectivity index (χ2n) is 3.57. The minimum atomic E-state index is -4.32. The Bertz CT molecular complexity index is 458. The second-order valence-corrected chi connectivity index (χ2v) is 4.24. The number of alkyl halides is 2. The lowest BCUT2D eigenvalue weighted by Gasteiger charge is -2.20. The lowest BCUT2D eigenvalue weighted by Crippen LogP contribution is -2.46. The quantitative estimate of drug-likeness (QED) is 0.333. The summed E-state index contributed by atoms with van der Waals surface area (Å²) in [6.07, 6.45) is -4.33. The Balaban J connectivity index is 2.56. The van der Waals surface area contributed by atoms with Gasteiger partial charge in [0.1, 0.15) is 6.04 Å². The maximum absolute atomic E-state index is 12.8. The summed E-state index contributed by atoms with van der Waals surface area (Å²) in [5.41, 5.74) is 6.06. The van der Waals surface area contributed by atoms with E-state index in [0.29, 0.717) is 5.56 Å². The molecule has 0 radical (unpaired) electrons. The number of hydrogen-bond donors (Lipinski definition) is 2. The van der Waals surface area contributed by atoms with E-state index in [1.165, 1.54) is 0 Å². The Kier molecular flexibility index (Phi) is 5.48. The van der Waals surface area contributed by atoms with Crippen molar-refractivity contribution < 1.29 is 27.1 Å². The minimum Gasteiger partial charge on any atom is -0.760 e. The lowest BCUT2D eigenvalue weighted by atomic mass is 10.1. The molecule has 0 aliphatic carbocycles. The summed E-state index contributed by atoms with van der Waals surface area (Å²) in [5, 5.41) is 0. The van der Waals surface area contributed by atoms with Crippen LogP contribution in [-0.4, -0.2) is 27.0 Å². The molecule has 0 saturated carbocycles. The molecule has 0 aromatic heterocycles. The van der Waals surface area contributed by atoms with Crippen LogP contribution in [-0.2, 0) is 27.2 Å². The zero-order valence-electron chi connectivity index (χ0n) is 9.55. The number of esters is 1. The minimum absolute atomic E-state index is 0.00375. The molecule has 2 atom stereocenters. The molecule has 9 heteroatoms. The maximum atomic E-state index is 12.8. The predicted octanol–water partition coefficient (Wildman–Crippen LogP) is 0.0336. The van der Waals surface area contributed by atoms with Crippen LogP contribution in [0.15, 0.2) is 30.3 Å². The topological polar surface area (TPSA) is 104 Å². The van der Waals surface area contributed by atoms with Crippen molar-refractivity contribution in [3.63, 3.8) is 0 Å². The van der Waals surface area contributed by atoms with Crippen molar-refractivity contribution in [1.82, 2.24) is 4.72 Å². The number of nitrogens with one attached hydrogen (secondary N) is 1. The molecular formula is C10H11F2N2O4S-. The first-order valence-electron chi connectivity index (χ1n) is 5.07. The van der Waals surface area contributed by atoms with Crippen LogP contribution in [0.5, 0.6) is 0 Å². The standard InChI is InChI=1S/C10H12F2N2O4S/c11-10(12,14-19(16)17)18-9(15)8(13)6-7-4-2-1-3-5-7/h1-5,8,14H,6,13H2,(H,16,17)/p-1/t8-/m0/s1. The molecule has 0 bridgehead atoms. The number of rotatable bonds is 6. The van der Waals surface area contributed by atoms with Gasteiger partial charge in [-0.25, -0.2) is 0 Å². The zero-order chi connectivity index (χ0) is 14.5. The highest BCUT2D eigenvalue weighted by molar-refractivity contribution is 7.77. The third-order valence-electron chi connectivity index (χ3n) is 2.03. The Labute approximate surface area is 110 Å². The summed E-state index contributed by atoms with van der Waals surface area (Å²) in [5.74, 6) is -1.41. The summed E-state index contributed by atoms with van der Waals surface area (Å²) in [6, 6.07) is 7.14. The number of nitrogens with two attached hydrogens (primary N) is 1. The van der Waals surface area contributed by atoms with Crippen LogP contribution in [0, 0.1) is 0 Å². The second kappa shape index (κ2) is 6.66. The number of benzene rings is 1. The Hall–Kier alpha value is -1.42. The normalized spacial score (nSPS) is 14.7. The lowest BCUT2D eigenvalue weighted by molar-refractivity contribution is -0.239. The van der Waals surface area contributed by atoms with Crippen molar-refractivity contribution in [2.24, 2.45) is 5.73 Å². The summed E-state index contributed by atoms with van der Waals surface area (Å²) in [7, 11) is 0. The molecule has 0 saturated heterocycles. The van der Waals surface area contributed by atoms with Crippen LogP contribution in [0.3, 0.4) is 0 Å². The van der Waals surface area contributed by atoms with E-state index in [-0.39, 0.29) is 6.42 Å². The molecule has 3 N–H and O–H groups in total. The van der Waals surface area contributed by atoms with Gasteiger partial charge in [-0.2, -0.15) is 0 Å². The van der Waals surface area contributed by atoms with E-state index < -0.39 is 29.5 Å². The van der Waals surface area contributed by atoms with Crippen molar-refractivity contribution in [2.75, 3.05) is 0 Å². The summed E-state index contributed by atoms with van der Waals surface area (Å²) in [6.45, 7) is 0. The smallest absolute Gasteiger partial charge is 0.481 e. The Morgan fingerprint density at radius 2 is 2.05 bits per heavy atom. The first-order valence-corrected chi connectivity index (χ1v) is 6.15. The molecule has 1 aromatic carbocycles. The van der Waals surface area contributed by atoms with E-state index in [9.17, 15) is 22.3 Å². The van der Waals surface area contributed by atoms with Crippen LogP contribution in [0.1, 0.15) is 5.56 Å². The summed E-state index contributed by atoms with van der Waals surface area (Å²) < 4.78 is 50.2. The number of carbonyl (C=O) groups excluding carboxylic acids is 1. The van der Waals surface area contributed by atoms with Gasteiger partial charge < -0.3 is 15.0 Å². The van der Waals surface area contributed by atoms with Gasteiger partial charge in [0.05, 0.1) is 0 Å². The Morgan fingerprint density at radius 3 is 2.58 bits per heavy atom. The van der Waals surface area contributed by atoms with E-state index in [1.54, 1.807) is 30.3 Å². The fourth-order valence-corrected chi connectivity index (χ4v) is 1.51. The van der Waals surface area contributed by atoms with Gasteiger partial charge in [0.25, 0.3) is 0 Å². The van der Waals surface area contributed by atoms with Gasteiger partial charge in [-0.05, 0) is 12.0 Å². The number of carbonyl (C=O) groups is 1. The van der Waals surface area contributed by atoms with Gasteiger partial charge in [0.2, 0.25) is 0 Å². The molecule has 0 amide bonds. The molecule has 0 fully saturated rings. The van der Waals surface area contributed by atoms with Gasteiger partial charge in [0.15, 0.2) is 0 Å². The van der Waals surface area contributed by atoms with Crippen molar-refractivity contribution in [2.45, 2.75) is 18.7 Å². The molecule has 1 aromatic rings. The molecular weight excluding hydrogens is 282 g/mol. The number of halogens is 2. The number of ether oxygens (including phenoxy) is 1. The fraction of sp³-hybridized carbons (Fsp3) is 0.300. The van der Waals surface area contributed by atoms with Crippen LogP contribution < -0.4 is 10.5 Å². The summed E-state index contributed by atoms with van der Waals surface area (Å²) in [4.78, 5) is 11.3.